The second-order valence-corrected chi connectivity index (χ2v) is 4.52. The number of aryl methyl sites for hydroxylation is 1. The molecule has 110 valence electrons. The molecule has 20 heavy (non-hydrogen) atoms. The molecule has 0 bridgehead atoms. The van der Waals surface area contributed by atoms with E-state index in [2.05, 4.69) is 20.5 Å². The van der Waals surface area contributed by atoms with Crippen LogP contribution in [0.1, 0.15) is 31.5 Å². The minimum Gasteiger partial charge on any atom is -0.292 e. The van der Waals surface area contributed by atoms with E-state index in [4.69, 9.17) is 0 Å². The Hall–Kier alpha value is -1.90. The number of tetrazole rings is 1. The molecule has 0 aliphatic heterocycles. The van der Waals surface area contributed by atoms with Gasteiger partial charge in [-0.15, -0.1) is 5.10 Å². The molecule has 2 aromatic heterocycles. The average Bonchev–Trinajstić information content (AvgIpc) is 3.00. The van der Waals surface area contributed by atoms with Gasteiger partial charge in [-0.25, -0.2) is 9.67 Å². The maximum Gasteiger partial charge on any atom is 0.319 e. The highest BCUT2D eigenvalue weighted by Crippen LogP contribution is 2.14. The van der Waals surface area contributed by atoms with Crippen LogP contribution in [-0.4, -0.2) is 41.7 Å². The summed E-state index contributed by atoms with van der Waals surface area (Å²) in [7, 11) is 1.81. The molecule has 2 heterocycles. The molecule has 9 heteroatoms. The molecule has 0 unspecified atom stereocenters. The summed E-state index contributed by atoms with van der Waals surface area (Å²) in [5.74, 6) is 1.03. The van der Waals surface area contributed by atoms with Crippen molar-refractivity contribution in [3.05, 3.63) is 24.0 Å². The zero-order valence-corrected chi connectivity index (χ0v) is 11.4. The molecule has 0 amide bonds. The van der Waals surface area contributed by atoms with Crippen LogP contribution in [0.5, 0.6) is 0 Å². The minimum absolute atomic E-state index is 0.302. The van der Waals surface area contributed by atoms with E-state index in [1.165, 1.54) is 12.4 Å². The maximum absolute atomic E-state index is 12.7. The van der Waals surface area contributed by atoms with Crippen molar-refractivity contribution in [1.29, 1.82) is 0 Å². The molecule has 0 N–H and O–H groups in total. The first-order chi connectivity index (χ1) is 9.61. The Bertz CT molecular complexity index is 536. The first-order valence-corrected chi connectivity index (χ1v) is 6.35. The van der Waals surface area contributed by atoms with E-state index in [1.807, 2.05) is 18.9 Å². The van der Waals surface area contributed by atoms with E-state index in [9.17, 15) is 8.78 Å². The van der Waals surface area contributed by atoms with Crippen molar-refractivity contribution >= 4 is 0 Å². The summed E-state index contributed by atoms with van der Waals surface area (Å²) in [6.45, 7) is 0.974. The SMILES string of the molecule is CCCn1nnnc1CN(C)Cc1nccn1C(F)F. The van der Waals surface area contributed by atoms with Crippen LogP contribution < -0.4 is 0 Å². The smallest absolute Gasteiger partial charge is 0.292 e. The van der Waals surface area contributed by atoms with Crippen LogP contribution in [0.4, 0.5) is 8.78 Å². The van der Waals surface area contributed by atoms with Gasteiger partial charge in [-0.2, -0.15) is 8.78 Å². The van der Waals surface area contributed by atoms with Crippen LogP contribution >= 0.6 is 0 Å². The molecule has 0 aromatic carbocycles. The van der Waals surface area contributed by atoms with E-state index in [0.29, 0.717) is 24.7 Å². The summed E-state index contributed by atoms with van der Waals surface area (Å²) in [6, 6.07) is 0. The summed E-state index contributed by atoms with van der Waals surface area (Å²) in [4.78, 5) is 5.79. The topological polar surface area (TPSA) is 64.7 Å². The van der Waals surface area contributed by atoms with Gasteiger partial charge in [0.2, 0.25) is 0 Å². The zero-order valence-electron chi connectivity index (χ0n) is 11.4. The Balaban J connectivity index is 2.00. The summed E-state index contributed by atoms with van der Waals surface area (Å²) < 4.78 is 28.0. The fourth-order valence-electron chi connectivity index (χ4n) is 1.90. The number of alkyl halides is 2. The largest absolute Gasteiger partial charge is 0.319 e. The molecule has 0 aliphatic carbocycles. The monoisotopic (exact) mass is 285 g/mol. The second-order valence-electron chi connectivity index (χ2n) is 4.52. The van der Waals surface area contributed by atoms with E-state index < -0.39 is 6.55 Å². The van der Waals surface area contributed by atoms with Crippen molar-refractivity contribution in [2.75, 3.05) is 7.05 Å². The van der Waals surface area contributed by atoms with E-state index in [0.717, 1.165) is 17.5 Å². The van der Waals surface area contributed by atoms with E-state index >= 15 is 0 Å². The molecule has 2 aromatic rings. The van der Waals surface area contributed by atoms with Crippen molar-refractivity contribution < 1.29 is 8.78 Å². The fraction of sp³-hybridized carbons (Fsp3) is 0.636. The highest BCUT2D eigenvalue weighted by atomic mass is 19.3. The first kappa shape index (κ1) is 14.5. The van der Waals surface area contributed by atoms with Crippen molar-refractivity contribution in [2.45, 2.75) is 39.5 Å². The number of aromatic nitrogens is 6. The van der Waals surface area contributed by atoms with Gasteiger partial charge in [0.25, 0.3) is 0 Å². The summed E-state index contributed by atoms with van der Waals surface area (Å²) >= 11 is 0. The lowest BCUT2D eigenvalue weighted by molar-refractivity contribution is 0.0643. The zero-order chi connectivity index (χ0) is 14.5. The molecule has 0 atom stereocenters. The Morgan fingerprint density at radius 3 is 2.75 bits per heavy atom. The lowest BCUT2D eigenvalue weighted by Crippen LogP contribution is -2.22. The van der Waals surface area contributed by atoms with Crippen molar-refractivity contribution in [1.82, 2.24) is 34.7 Å². The van der Waals surface area contributed by atoms with Crippen molar-refractivity contribution in [3.63, 3.8) is 0 Å². The number of rotatable bonds is 7. The Labute approximate surface area is 115 Å². The molecule has 0 fully saturated rings. The van der Waals surface area contributed by atoms with Crippen LogP contribution in [-0.2, 0) is 19.6 Å². The summed E-state index contributed by atoms with van der Waals surface area (Å²) in [5.41, 5.74) is 0. The third-order valence-corrected chi connectivity index (χ3v) is 2.82. The Morgan fingerprint density at radius 1 is 1.30 bits per heavy atom. The molecule has 0 saturated carbocycles. The normalized spacial score (nSPS) is 11.7. The number of hydrogen-bond acceptors (Lipinski definition) is 5. The lowest BCUT2D eigenvalue weighted by atomic mass is 10.4. The quantitative estimate of drug-likeness (QED) is 0.767. The van der Waals surface area contributed by atoms with Gasteiger partial charge in [-0.1, -0.05) is 6.92 Å². The molecule has 0 spiro atoms. The molecule has 0 aliphatic rings. The van der Waals surface area contributed by atoms with Gasteiger partial charge in [0.15, 0.2) is 5.82 Å². The fourth-order valence-corrected chi connectivity index (χ4v) is 1.90. The molecule has 0 radical (unpaired) electrons. The first-order valence-electron chi connectivity index (χ1n) is 6.35. The van der Waals surface area contributed by atoms with Gasteiger partial charge in [-0.3, -0.25) is 9.47 Å². The summed E-state index contributed by atoms with van der Waals surface area (Å²) in [5, 5.41) is 11.5. The number of halogens is 2. The van der Waals surface area contributed by atoms with Crippen molar-refractivity contribution in [2.24, 2.45) is 0 Å². The van der Waals surface area contributed by atoms with Crippen LogP contribution in [0.25, 0.3) is 0 Å². The molecular weight excluding hydrogens is 268 g/mol. The Morgan fingerprint density at radius 2 is 2.05 bits per heavy atom. The Kier molecular flexibility index (Phi) is 4.72. The van der Waals surface area contributed by atoms with E-state index in [1.54, 1.807) is 4.68 Å². The van der Waals surface area contributed by atoms with Gasteiger partial charge < -0.3 is 0 Å². The standard InChI is InChI=1S/C11H17F2N7/c1-3-5-20-10(15-16-17-20)8-18(2)7-9-14-4-6-19(9)11(12)13/h4,6,11H,3,5,7-8H2,1-2H3. The second kappa shape index (κ2) is 6.51. The highest BCUT2D eigenvalue weighted by molar-refractivity contribution is 4.93. The van der Waals surface area contributed by atoms with Crippen LogP contribution in [0.15, 0.2) is 12.4 Å². The highest BCUT2D eigenvalue weighted by Gasteiger charge is 2.15. The number of hydrogen-bond donors (Lipinski definition) is 0. The van der Waals surface area contributed by atoms with E-state index in [-0.39, 0.29) is 0 Å². The van der Waals surface area contributed by atoms with Crippen LogP contribution in [0.2, 0.25) is 0 Å². The molecular formula is C11H17F2N7. The van der Waals surface area contributed by atoms with Gasteiger partial charge in [0, 0.05) is 18.9 Å². The van der Waals surface area contributed by atoms with Crippen molar-refractivity contribution in [3.8, 4) is 0 Å². The molecule has 0 saturated heterocycles. The number of nitrogens with zero attached hydrogens (tertiary/aromatic N) is 7. The van der Waals surface area contributed by atoms with Gasteiger partial charge in [0.1, 0.15) is 5.82 Å². The van der Waals surface area contributed by atoms with Crippen LogP contribution in [0, 0.1) is 0 Å². The third-order valence-electron chi connectivity index (χ3n) is 2.82. The third kappa shape index (κ3) is 3.35. The maximum atomic E-state index is 12.7. The van der Waals surface area contributed by atoms with Gasteiger partial charge in [-0.05, 0) is 23.9 Å². The predicted molar refractivity (Wildman–Crippen MR) is 66.8 cm³/mol. The minimum atomic E-state index is -2.58. The van der Waals surface area contributed by atoms with Gasteiger partial charge >= 0.3 is 6.55 Å². The molecule has 7 nitrogen and oxygen atoms in total. The average molecular weight is 285 g/mol. The van der Waals surface area contributed by atoms with Crippen LogP contribution in [0.3, 0.4) is 0 Å². The predicted octanol–water partition coefficient (Wildman–Crippen LogP) is 1.31. The summed E-state index contributed by atoms with van der Waals surface area (Å²) in [6.07, 6.45) is 3.57. The lowest BCUT2D eigenvalue weighted by Gasteiger charge is -2.16. The van der Waals surface area contributed by atoms with Gasteiger partial charge in [0.05, 0.1) is 13.1 Å². The number of imidazole rings is 1. The molecule has 2 rings (SSSR count).